The minimum absolute atomic E-state index is 0.0862. The summed E-state index contributed by atoms with van der Waals surface area (Å²) in [7, 11) is 1.24. The number of rotatable bonds is 6. The summed E-state index contributed by atoms with van der Waals surface area (Å²) in [6, 6.07) is 12.7. The van der Waals surface area contributed by atoms with Crippen molar-refractivity contribution >= 4 is 40.9 Å². The number of para-hydroxylation sites is 1. The summed E-state index contributed by atoms with van der Waals surface area (Å²) in [6.07, 6.45) is -4.76. The van der Waals surface area contributed by atoms with E-state index < -0.39 is 35.7 Å². The van der Waals surface area contributed by atoms with Crippen LogP contribution in [0.5, 0.6) is 0 Å². The molecule has 3 aromatic carbocycles. The second-order valence-corrected chi connectivity index (χ2v) is 9.74. The largest absolute Gasteiger partial charge is 0.467 e. The van der Waals surface area contributed by atoms with E-state index in [4.69, 9.17) is 16.3 Å². The molecule has 3 amide bonds. The van der Waals surface area contributed by atoms with Crippen LogP contribution in [0.4, 0.5) is 29.3 Å². The molecule has 0 aliphatic carbocycles. The van der Waals surface area contributed by atoms with Crippen LogP contribution in [0.2, 0.25) is 5.02 Å². The summed E-state index contributed by atoms with van der Waals surface area (Å²) >= 11 is 6.02. The van der Waals surface area contributed by atoms with E-state index in [1.54, 1.807) is 44.2 Å². The van der Waals surface area contributed by atoms with Crippen molar-refractivity contribution in [2.45, 2.75) is 32.6 Å². The molecule has 204 valence electrons. The van der Waals surface area contributed by atoms with Crippen LogP contribution < -0.4 is 10.6 Å². The van der Waals surface area contributed by atoms with Gasteiger partial charge in [0, 0.05) is 17.8 Å². The van der Waals surface area contributed by atoms with E-state index in [0.717, 1.165) is 6.07 Å². The molecule has 11 heteroatoms. The van der Waals surface area contributed by atoms with Gasteiger partial charge in [-0.3, -0.25) is 4.79 Å². The first-order chi connectivity index (χ1) is 18.4. The molecule has 3 aromatic rings. The van der Waals surface area contributed by atoms with Crippen LogP contribution in [0.25, 0.3) is 11.1 Å². The van der Waals surface area contributed by atoms with Crippen LogP contribution in [0.1, 0.15) is 35.3 Å². The SMILES string of the molecule is COC(=O)C(C(C)C)N1Cc2ccc(-c3ccc(NC(=O)Nc4ccccc4Cl)cc3C(F)(F)F)cc2C1=O. The number of nitrogens with zero attached hydrogens (tertiary/aromatic N) is 1. The highest BCUT2D eigenvalue weighted by Crippen LogP contribution is 2.40. The number of ether oxygens (including phenoxy) is 1. The van der Waals surface area contributed by atoms with Crippen LogP contribution in [-0.2, 0) is 22.3 Å². The average Bonchev–Trinajstić information content (AvgIpc) is 3.19. The van der Waals surface area contributed by atoms with E-state index in [2.05, 4.69) is 10.6 Å². The molecule has 4 rings (SSSR count). The number of urea groups is 1. The summed E-state index contributed by atoms with van der Waals surface area (Å²) in [5, 5.41) is 5.15. The molecule has 1 unspecified atom stereocenters. The number of methoxy groups -OCH3 is 1. The fraction of sp³-hybridized carbons (Fsp3) is 0.250. The maximum absolute atomic E-state index is 14.1. The Morgan fingerprint density at radius 1 is 1.00 bits per heavy atom. The maximum Gasteiger partial charge on any atom is 0.417 e. The normalized spacial score (nSPS) is 13.7. The van der Waals surface area contributed by atoms with Crippen molar-refractivity contribution in [3.05, 3.63) is 82.4 Å². The van der Waals surface area contributed by atoms with E-state index >= 15 is 0 Å². The number of hydrogen-bond donors (Lipinski definition) is 2. The molecule has 0 bridgehead atoms. The number of amides is 3. The van der Waals surface area contributed by atoms with E-state index in [1.165, 1.54) is 36.3 Å². The molecule has 7 nitrogen and oxygen atoms in total. The molecule has 2 N–H and O–H groups in total. The van der Waals surface area contributed by atoms with Crippen molar-refractivity contribution < 1.29 is 32.3 Å². The van der Waals surface area contributed by atoms with Gasteiger partial charge in [-0.2, -0.15) is 13.2 Å². The number of anilines is 2. The number of alkyl halides is 3. The van der Waals surface area contributed by atoms with E-state index in [0.29, 0.717) is 11.3 Å². The lowest BCUT2D eigenvalue weighted by Gasteiger charge is -2.28. The Bertz CT molecular complexity index is 1440. The number of carbonyl (C=O) groups excluding carboxylic acids is 3. The van der Waals surface area contributed by atoms with Gasteiger partial charge in [0.05, 0.1) is 23.4 Å². The quantitative estimate of drug-likeness (QED) is 0.324. The smallest absolute Gasteiger partial charge is 0.417 e. The number of hydrogen-bond acceptors (Lipinski definition) is 4. The topological polar surface area (TPSA) is 87.7 Å². The summed E-state index contributed by atoms with van der Waals surface area (Å²) < 4.78 is 47.2. The molecule has 0 radical (unpaired) electrons. The molecular formula is C28H25ClF3N3O4. The van der Waals surface area contributed by atoms with Crippen molar-refractivity contribution in [3.63, 3.8) is 0 Å². The van der Waals surface area contributed by atoms with E-state index in [9.17, 15) is 27.6 Å². The van der Waals surface area contributed by atoms with Crippen molar-refractivity contribution in [2.75, 3.05) is 17.7 Å². The summed E-state index contributed by atoms with van der Waals surface area (Å²) in [5.41, 5.74) is 0.0438. The lowest BCUT2D eigenvalue weighted by atomic mass is 9.95. The van der Waals surface area contributed by atoms with Crippen LogP contribution in [0, 0.1) is 5.92 Å². The summed E-state index contributed by atoms with van der Waals surface area (Å²) in [6.45, 7) is 3.70. The fourth-order valence-electron chi connectivity index (χ4n) is 4.55. The number of esters is 1. The number of nitrogens with one attached hydrogen (secondary N) is 2. The third kappa shape index (κ3) is 5.85. The predicted octanol–water partition coefficient (Wildman–Crippen LogP) is 6.82. The van der Waals surface area contributed by atoms with Crippen molar-refractivity contribution in [1.29, 1.82) is 0 Å². The molecule has 0 fully saturated rings. The predicted molar refractivity (Wildman–Crippen MR) is 141 cm³/mol. The monoisotopic (exact) mass is 559 g/mol. The van der Waals surface area contributed by atoms with Gasteiger partial charge in [0.15, 0.2) is 0 Å². The second kappa shape index (κ2) is 11.0. The second-order valence-electron chi connectivity index (χ2n) is 9.33. The van der Waals surface area contributed by atoms with Crippen molar-refractivity contribution in [3.8, 4) is 11.1 Å². The zero-order valence-corrected chi connectivity index (χ0v) is 22.0. The number of fused-ring (bicyclic) bond motifs is 1. The Morgan fingerprint density at radius 2 is 1.72 bits per heavy atom. The zero-order valence-electron chi connectivity index (χ0n) is 21.2. The van der Waals surface area contributed by atoms with Crippen LogP contribution >= 0.6 is 11.6 Å². The Morgan fingerprint density at radius 3 is 2.36 bits per heavy atom. The molecule has 0 saturated heterocycles. The highest BCUT2D eigenvalue weighted by Gasteiger charge is 2.39. The summed E-state index contributed by atoms with van der Waals surface area (Å²) in [4.78, 5) is 39.3. The highest BCUT2D eigenvalue weighted by atomic mass is 35.5. The minimum atomic E-state index is -4.76. The lowest BCUT2D eigenvalue weighted by molar-refractivity contribution is -0.147. The van der Waals surface area contributed by atoms with Gasteiger partial charge < -0.3 is 20.3 Å². The fourth-order valence-corrected chi connectivity index (χ4v) is 4.73. The molecule has 1 atom stereocenters. The maximum atomic E-state index is 14.1. The van der Waals surface area contributed by atoms with Crippen LogP contribution in [-0.4, -0.2) is 36.0 Å². The molecule has 1 heterocycles. The lowest BCUT2D eigenvalue weighted by Crippen LogP contribution is -2.45. The summed E-state index contributed by atoms with van der Waals surface area (Å²) in [5.74, 6) is -1.26. The minimum Gasteiger partial charge on any atom is -0.467 e. The molecule has 0 aromatic heterocycles. The van der Waals surface area contributed by atoms with Gasteiger partial charge in [0.25, 0.3) is 5.91 Å². The Hall–Kier alpha value is -4.05. The first-order valence-corrected chi connectivity index (χ1v) is 12.3. The zero-order chi connectivity index (χ0) is 28.5. The van der Waals surface area contributed by atoms with Gasteiger partial charge >= 0.3 is 18.2 Å². The first kappa shape index (κ1) is 28.0. The van der Waals surface area contributed by atoms with E-state index in [1.807, 2.05) is 0 Å². The Kier molecular flexibility index (Phi) is 7.87. The molecule has 0 saturated carbocycles. The van der Waals surface area contributed by atoms with Gasteiger partial charge in [0.1, 0.15) is 6.04 Å². The van der Waals surface area contributed by atoms with Gasteiger partial charge in [-0.15, -0.1) is 0 Å². The molecule has 1 aliphatic heterocycles. The average molecular weight is 560 g/mol. The van der Waals surface area contributed by atoms with E-state index in [-0.39, 0.29) is 39.9 Å². The first-order valence-electron chi connectivity index (χ1n) is 12.0. The van der Waals surface area contributed by atoms with Crippen LogP contribution in [0.3, 0.4) is 0 Å². The van der Waals surface area contributed by atoms with Gasteiger partial charge in [0.2, 0.25) is 0 Å². The Balaban J connectivity index is 1.63. The number of halogens is 4. The third-order valence-electron chi connectivity index (χ3n) is 6.37. The third-order valence-corrected chi connectivity index (χ3v) is 6.70. The van der Waals surface area contributed by atoms with Gasteiger partial charge in [-0.05, 0) is 52.9 Å². The van der Waals surface area contributed by atoms with Crippen LogP contribution in [0.15, 0.2) is 60.7 Å². The molecule has 1 aliphatic rings. The standard InChI is InChI=1S/C28H25ClF3N3O4/c1-15(2)24(26(37)39-3)35-14-17-9-8-16(12-20(17)25(35)36)19-11-10-18(13-21(19)28(30,31)32)33-27(38)34-23-7-5-4-6-22(23)29/h4-13,15,24H,14H2,1-3H3,(H2,33,34,38). The highest BCUT2D eigenvalue weighted by molar-refractivity contribution is 6.33. The van der Waals surface area contributed by atoms with Gasteiger partial charge in [-0.25, -0.2) is 9.59 Å². The van der Waals surface area contributed by atoms with Gasteiger partial charge in [-0.1, -0.05) is 55.8 Å². The number of benzene rings is 3. The van der Waals surface area contributed by atoms with Crippen molar-refractivity contribution in [2.24, 2.45) is 5.92 Å². The molecule has 0 spiro atoms. The molecule has 39 heavy (non-hydrogen) atoms. The Labute approximate surface area is 227 Å². The molecular weight excluding hydrogens is 535 g/mol. The van der Waals surface area contributed by atoms with Crippen molar-refractivity contribution in [1.82, 2.24) is 4.90 Å². The number of carbonyl (C=O) groups is 3.